The predicted molar refractivity (Wildman–Crippen MR) is 55.2 cm³/mol. The molecule has 11 heavy (non-hydrogen) atoms. The van der Waals surface area contributed by atoms with Crippen LogP contribution < -0.4 is 0 Å². The molecule has 0 N–H and O–H groups in total. The van der Waals surface area contributed by atoms with Gasteiger partial charge in [-0.25, -0.2) is 0 Å². The summed E-state index contributed by atoms with van der Waals surface area (Å²) in [6.45, 7) is 0. The van der Waals surface area contributed by atoms with Crippen LogP contribution in [0.5, 0.6) is 0 Å². The third-order valence-corrected chi connectivity index (χ3v) is 5.09. The molecule has 0 spiro atoms. The van der Waals surface area contributed by atoms with Crippen molar-refractivity contribution in [3.63, 3.8) is 0 Å². The number of hydrogen-bond donors (Lipinski definition) is 0. The lowest BCUT2D eigenvalue weighted by atomic mass is 10.2. The molecule has 0 nitrogen and oxygen atoms in total. The Morgan fingerprint density at radius 2 is 1.82 bits per heavy atom. The van der Waals surface area contributed by atoms with Gasteiger partial charge in [0.15, 0.2) is 0 Å². The van der Waals surface area contributed by atoms with E-state index in [1.54, 1.807) is 0 Å². The molecule has 1 aromatic rings. The summed E-state index contributed by atoms with van der Waals surface area (Å²) < 4.78 is 0. The summed E-state index contributed by atoms with van der Waals surface area (Å²) in [5.74, 6) is 5.94. The van der Waals surface area contributed by atoms with Crippen LogP contribution >= 0.6 is 10.1 Å². The first-order chi connectivity index (χ1) is 5.29. The van der Waals surface area contributed by atoms with Gasteiger partial charge in [-0.15, -0.1) is 0 Å². The second-order valence-electron chi connectivity index (χ2n) is 2.85. The van der Waals surface area contributed by atoms with Gasteiger partial charge in [-0.3, -0.25) is 10.1 Å². The lowest BCUT2D eigenvalue weighted by Crippen LogP contribution is -1.92. The average Bonchev–Trinajstić information content (AvgIpc) is 2.03. The van der Waals surface area contributed by atoms with Crippen molar-refractivity contribution in [1.82, 2.24) is 0 Å². The van der Waals surface area contributed by atoms with Gasteiger partial charge < -0.3 is 0 Å². The van der Waals surface area contributed by atoms with Crippen LogP contribution in [0.25, 0.3) is 0 Å². The van der Waals surface area contributed by atoms with Crippen LogP contribution in [0.3, 0.4) is 0 Å². The summed E-state index contributed by atoms with van der Waals surface area (Å²) in [6.07, 6.45) is 0. The second-order valence-corrected chi connectivity index (χ2v) is 9.39. The zero-order valence-corrected chi connectivity index (χ0v) is 9.05. The Morgan fingerprint density at radius 1 is 1.18 bits per heavy atom. The molecule has 0 fully saturated rings. The minimum atomic E-state index is -0.424. The topological polar surface area (TPSA) is 0 Å². The largest absolute Gasteiger partial charge is 0.343 e. The molecule has 1 aromatic carbocycles. The molecule has 58 valence electrons. The molecule has 0 saturated carbocycles. The summed E-state index contributed by atoms with van der Waals surface area (Å²) in [5.41, 5.74) is 1.46. The molecule has 0 bridgehead atoms. The van der Waals surface area contributed by atoms with Crippen molar-refractivity contribution in [3.8, 4) is 0 Å². The summed E-state index contributed by atoms with van der Waals surface area (Å²) in [4.78, 5) is 0. The van der Waals surface area contributed by atoms with Gasteiger partial charge in [0.05, 0.1) is 0 Å². The maximum Gasteiger partial charge on any atom is 0.343 e. The van der Waals surface area contributed by atoms with E-state index in [4.69, 9.17) is 0 Å². The molecule has 0 radical (unpaired) electrons. The molecule has 0 unspecified atom stereocenters. The van der Waals surface area contributed by atoms with Crippen molar-refractivity contribution in [3.05, 3.63) is 35.9 Å². The van der Waals surface area contributed by atoms with Crippen LogP contribution in [0, 0.1) is 0 Å². The molecule has 2 heteroatoms. The standard InChI is InChI=1S/C7H8S.2CH3.Al/c8-6-7-4-2-1-3-5-7;;;/h1-5,8H,6H2;2*1H3;/q;;;+1/p-1. The summed E-state index contributed by atoms with van der Waals surface area (Å²) >= 11 is -0.424. The monoisotopic (exact) mass is 180 g/mol. The quantitative estimate of drug-likeness (QED) is 0.644. The van der Waals surface area contributed by atoms with Crippen molar-refractivity contribution >= 4 is 23.1 Å². The highest BCUT2D eigenvalue weighted by Gasteiger charge is 2.01. The maximum absolute atomic E-state index is 2.37. The summed E-state index contributed by atoms with van der Waals surface area (Å²) in [7, 11) is 2.12. The van der Waals surface area contributed by atoms with Gasteiger partial charge in [-0.2, -0.15) is 0 Å². The molecule has 0 aliphatic carbocycles. The van der Waals surface area contributed by atoms with E-state index in [-0.39, 0.29) is 0 Å². The third kappa shape index (κ3) is 3.86. The minimum Gasteiger partial charge on any atom is -0.252 e. The van der Waals surface area contributed by atoms with Crippen molar-refractivity contribution in [1.29, 1.82) is 0 Å². The van der Waals surface area contributed by atoms with Crippen LogP contribution in [-0.2, 0) is 5.75 Å². The number of rotatable bonds is 3. The molecule has 0 aliphatic heterocycles. The first-order valence-electron chi connectivity index (χ1n) is 3.94. The Kier molecular flexibility index (Phi) is 4.07. The van der Waals surface area contributed by atoms with E-state index in [9.17, 15) is 0 Å². The van der Waals surface area contributed by atoms with Gasteiger partial charge >= 0.3 is 13.0 Å². The molecule has 0 aromatic heterocycles. The molecule has 0 aliphatic rings. The van der Waals surface area contributed by atoms with Crippen LogP contribution in [0.2, 0.25) is 11.6 Å². The van der Waals surface area contributed by atoms with Crippen LogP contribution in [0.1, 0.15) is 5.56 Å². The molecule has 1 rings (SSSR count). The highest BCUT2D eigenvalue weighted by molar-refractivity contribution is 8.24. The van der Waals surface area contributed by atoms with Gasteiger partial charge in [0, 0.05) is 0 Å². The molecule has 0 atom stereocenters. The number of benzene rings is 1. The lowest BCUT2D eigenvalue weighted by Gasteiger charge is -2.00. The fraction of sp³-hybridized carbons (Fsp3) is 0.333. The molecule has 0 amide bonds. The Labute approximate surface area is 76.4 Å². The van der Waals surface area contributed by atoms with Gasteiger partial charge in [-0.05, 0) is 11.3 Å². The van der Waals surface area contributed by atoms with E-state index in [1.165, 1.54) is 11.3 Å². The third-order valence-electron chi connectivity index (χ3n) is 1.43. The first kappa shape index (κ1) is 9.19. The van der Waals surface area contributed by atoms with Gasteiger partial charge in [0.25, 0.3) is 0 Å². The van der Waals surface area contributed by atoms with Gasteiger partial charge in [-0.1, -0.05) is 41.9 Å². The van der Waals surface area contributed by atoms with E-state index < -0.39 is 13.0 Å². The van der Waals surface area contributed by atoms with Crippen molar-refractivity contribution in [2.45, 2.75) is 17.3 Å². The van der Waals surface area contributed by atoms with Crippen molar-refractivity contribution < 1.29 is 0 Å². The smallest absolute Gasteiger partial charge is 0.252 e. The minimum absolute atomic E-state index is 0.424. The molecule has 0 saturated heterocycles. The van der Waals surface area contributed by atoms with Crippen LogP contribution in [-0.4, -0.2) is 13.0 Å². The van der Waals surface area contributed by atoms with Crippen molar-refractivity contribution in [2.75, 3.05) is 0 Å². The second kappa shape index (κ2) is 4.88. The van der Waals surface area contributed by atoms with E-state index in [1.807, 2.05) is 0 Å². The van der Waals surface area contributed by atoms with E-state index in [0.717, 1.165) is 0 Å². The molecular formula is C9H13AlS. The number of hydrogen-bond acceptors (Lipinski definition) is 1. The van der Waals surface area contributed by atoms with E-state index in [2.05, 4.69) is 52.0 Å². The fourth-order valence-electron chi connectivity index (χ4n) is 0.837. The lowest BCUT2D eigenvalue weighted by molar-refractivity contribution is 1.43. The average molecular weight is 180 g/mol. The van der Waals surface area contributed by atoms with Gasteiger partial charge in [0.2, 0.25) is 0 Å². The zero-order valence-electron chi connectivity index (χ0n) is 7.08. The zero-order chi connectivity index (χ0) is 8.10. The predicted octanol–water partition coefficient (Wildman–Crippen LogP) is 3.17. The van der Waals surface area contributed by atoms with Crippen LogP contribution in [0.15, 0.2) is 30.3 Å². The summed E-state index contributed by atoms with van der Waals surface area (Å²) in [6, 6.07) is 10.7. The van der Waals surface area contributed by atoms with E-state index in [0.29, 0.717) is 0 Å². The Bertz CT molecular complexity index is 196. The fourth-order valence-corrected chi connectivity index (χ4v) is 3.13. The van der Waals surface area contributed by atoms with Crippen molar-refractivity contribution in [2.24, 2.45) is 0 Å². The Hall–Kier alpha value is 0.102. The Balaban J connectivity index is 2.39. The maximum atomic E-state index is 2.37. The highest BCUT2D eigenvalue weighted by atomic mass is 32.3. The molecule has 0 heterocycles. The summed E-state index contributed by atoms with van der Waals surface area (Å²) in [5, 5.41) is 0. The van der Waals surface area contributed by atoms with Gasteiger partial charge in [0.1, 0.15) is 0 Å². The van der Waals surface area contributed by atoms with E-state index >= 15 is 0 Å². The highest BCUT2D eigenvalue weighted by Crippen LogP contribution is 2.13. The molecular weight excluding hydrogens is 167 g/mol. The SMILES string of the molecule is [CH3][Al]([CH3])[S]Cc1ccccc1. The Morgan fingerprint density at radius 3 is 2.36 bits per heavy atom. The van der Waals surface area contributed by atoms with Crippen LogP contribution in [0.4, 0.5) is 0 Å². The normalized spacial score (nSPS) is 9.64. The first-order valence-corrected chi connectivity index (χ1v) is 8.72.